The highest BCUT2D eigenvalue weighted by atomic mass is 35.5. The van der Waals surface area contributed by atoms with Crippen molar-refractivity contribution in [3.63, 3.8) is 0 Å². The minimum absolute atomic E-state index is 0.0495. The van der Waals surface area contributed by atoms with E-state index in [1.54, 1.807) is 12.3 Å². The van der Waals surface area contributed by atoms with Crippen LogP contribution in [-0.4, -0.2) is 12.5 Å². The third-order valence-electron chi connectivity index (χ3n) is 3.06. The van der Waals surface area contributed by atoms with Crippen molar-refractivity contribution in [1.82, 2.24) is 0 Å². The fourth-order valence-electron chi connectivity index (χ4n) is 2.05. The number of halogens is 1. The van der Waals surface area contributed by atoms with E-state index in [2.05, 4.69) is 5.32 Å². The molecule has 0 aliphatic carbocycles. The fourth-order valence-corrected chi connectivity index (χ4v) is 2.41. The number of benzene rings is 1. The lowest BCUT2D eigenvalue weighted by molar-refractivity contribution is -0.118. The molecule has 0 spiro atoms. The van der Waals surface area contributed by atoms with E-state index in [1.165, 1.54) is 0 Å². The van der Waals surface area contributed by atoms with Crippen LogP contribution in [0.3, 0.4) is 0 Å². The Kier molecular flexibility index (Phi) is 2.95. The normalized spacial score (nSPS) is 15.4. The maximum Gasteiger partial charge on any atom is 0.262 e. The van der Waals surface area contributed by atoms with E-state index in [-0.39, 0.29) is 17.9 Å². The van der Waals surface area contributed by atoms with E-state index in [0.29, 0.717) is 17.2 Å². The van der Waals surface area contributed by atoms with E-state index < -0.39 is 0 Å². The Morgan fingerprint density at radius 3 is 2.95 bits per heavy atom. The van der Waals surface area contributed by atoms with E-state index in [4.69, 9.17) is 20.8 Å². The maximum atomic E-state index is 11.3. The molecule has 1 aliphatic rings. The molecule has 5 heteroatoms. The SMILES string of the molecule is Cc1ccoc1C(Cl)c1ccc2c(c1)NC(=O)CO2. The molecule has 19 heavy (non-hydrogen) atoms. The van der Waals surface area contributed by atoms with Crippen molar-refractivity contribution in [2.24, 2.45) is 0 Å². The number of rotatable bonds is 2. The van der Waals surface area contributed by atoms with Gasteiger partial charge in [0.1, 0.15) is 16.9 Å². The average Bonchev–Trinajstić information content (AvgIpc) is 2.83. The number of carbonyl (C=O) groups excluding carboxylic acids is 1. The van der Waals surface area contributed by atoms with Crippen molar-refractivity contribution >= 4 is 23.2 Å². The van der Waals surface area contributed by atoms with Gasteiger partial charge in [-0.05, 0) is 36.2 Å². The van der Waals surface area contributed by atoms with Crippen molar-refractivity contribution in [1.29, 1.82) is 0 Å². The van der Waals surface area contributed by atoms with E-state index in [0.717, 1.165) is 11.1 Å². The van der Waals surface area contributed by atoms with Crippen LogP contribution in [0.2, 0.25) is 0 Å². The first-order chi connectivity index (χ1) is 9.15. The van der Waals surface area contributed by atoms with Gasteiger partial charge in [-0.25, -0.2) is 0 Å². The van der Waals surface area contributed by atoms with Gasteiger partial charge in [0, 0.05) is 0 Å². The molecule has 0 bridgehead atoms. The number of alkyl halides is 1. The fraction of sp³-hybridized carbons (Fsp3) is 0.214. The zero-order chi connectivity index (χ0) is 13.4. The molecule has 1 aliphatic heterocycles. The molecule has 1 amide bonds. The predicted octanol–water partition coefficient (Wildman–Crippen LogP) is 3.25. The summed E-state index contributed by atoms with van der Waals surface area (Å²) in [6, 6.07) is 7.35. The summed E-state index contributed by atoms with van der Waals surface area (Å²) in [5, 5.41) is 2.37. The Morgan fingerprint density at radius 2 is 2.21 bits per heavy atom. The molecule has 1 aromatic heterocycles. The number of furan rings is 1. The van der Waals surface area contributed by atoms with Gasteiger partial charge in [-0.2, -0.15) is 0 Å². The van der Waals surface area contributed by atoms with Crippen LogP contribution in [0.5, 0.6) is 5.75 Å². The van der Waals surface area contributed by atoms with Crippen molar-refractivity contribution in [3.05, 3.63) is 47.4 Å². The largest absolute Gasteiger partial charge is 0.482 e. The standard InChI is InChI=1S/C14H12ClNO3/c1-8-4-5-18-14(8)13(15)9-2-3-11-10(6-9)16-12(17)7-19-11/h2-6,13H,7H2,1H3,(H,16,17). The quantitative estimate of drug-likeness (QED) is 0.857. The Morgan fingerprint density at radius 1 is 1.37 bits per heavy atom. The van der Waals surface area contributed by atoms with Crippen molar-refractivity contribution in [3.8, 4) is 5.75 Å². The Balaban J connectivity index is 1.96. The predicted molar refractivity (Wildman–Crippen MR) is 71.7 cm³/mol. The number of nitrogens with one attached hydrogen (secondary N) is 1. The number of hydrogen-bond acceptors (Lipinski definition) is 3. The summed E-state index contributed by atoms with van der Waals surface area (Å²) in [4.78, 5) is 11.3. The van der Waals surface area contributed by atoms with Gasteiger partial charge in [0.15, 0.2) is 6.61 Å². The lowest BCUT2D eigenvalue weighted by Gasteiger charge is -2.19. The number of amides is 1. The second-order valence-electron chi connectivity index (χ2n) is 4.42. The maximum absolute atomic E-state index is 11.3. The zero-order valence-electron chi connectivity index (χ0n) is 10.3. The summed E-state index contributed by atoms with van der Waals surface area (Å²) in [5.74, 6) is 1.21. The molecule has 98 valence electrons. The van der Waals surface area contributed by atoms with Crippen LogP contribution in [0, 0.1) is 6.92 Å². The van der Waals surface area contributed by atoms with Gasteiger partial charge in [0.05, 0.1) is 12.0 Å². The molecule has 0 fully saturated rings. The van der Waals surface area contributed by atoms with E-state index in [9.17, 15) is 4.79 Å². The first kappa shape index (κ1) is 12.1. The van der Waals surface area contributed by atoms with Gasteiger partial charge in [0.2, 0.25) is 0 Å². The number of carbonyl (C=O) groups is 1. The van der Waals surface area contributed by atoms with Crippen LogP contribution in [0.4, 0.5) is 5.69 Å². The smallest absolute Gasteiger partial charge is 0.262 e. The molecule has 1 atom stereocenters. The molecule has 2 aromatic rings. The van der Waals surface area contributed by atoms with Crippen LogP contribution < -0.4 is 10.1 Å². The monoisotopic (exact) mass is 277 g/mol. The first-order valence-corrected chi connectivity index (χ1v) is 6.33. The summed E-state index contributed by atoms with van der Waals surface area (Å²) in [7, 11) is 0. The van der Waals surface area contributed by atoms with Gasteiger partial charge >= 0.3 is 0 Å². The summed E-state index contributed by atoms with van der Waals surface area (Å²) in [6.07, 6.45) is 1.61. The molecule has 2 heterocycles. The van der Waals surface area contributed by atoms with Crippen molar-refractivity contribution in [2.45, 2.75) is 12.3 Å². The molecule has 0 saturated carbocycles. The minimum atomic E-state index is -0.390. The number of fused-ring (bicyclic) bond motifs is 1. The van der Waals surface area contributed by atoms with Crippen molar-refractivity contribution < 1.29 is 13.9 Å². The van der Waals surface area contributed by atoms with Crippen LogP contribution in [-0.2, 0) is 4.79 Å². The van der Waals surface area contributed by atoms with Crippen molar-refractivity contribution in [2.75, 3.05) is 11.9 Å². The first-order valence-electron chi connectivity index (χ1n) is 5.90. The lowest BCUT2D eigenvalue weighted by Crippen LogP contribution is -2.25. The van der Waals surface area contributed by atoms with Gasteiger partial charge in [0.25, 0.3) is 5.91 Å². The summed E-state index contributed by atoms with van der Waals surface area (Å²) >= 11 is 6.41. The molecule has 0 radical (unpaired) electrons. The van der Waals surface area contributed by atoms with E-state index >= 15 is 0 Å². The highest BCUT2D eigenvalue weighted by molar-refractivity contribution is 6.22. The van der Waals surface area contributed by atoms with Crippen LogP contribution in [0.25, 0.3) is 0 Å². The number of hydrogen-bond donors (Lipinski definition) is 1. The molecule has 3 rings (SSSR count). The topological polar surface area (TPSA) is 51.5 Å². The third kappa shape index (κ3) is 2.19. The summed E-state index contributed by atoms with van der Waals surface area (Å²) in [6.45, 7) is 1.99. The second-order valence-corrected chi connectivity index (χ2v) is 4.86. The molecule has 0 saturated heterocycles. The van der Waals surface area contributed by atoms with Gasteiger partial charge < -0.3 is 14.5 Å². The summed E-state index contributed by atoms with van der Waals surface area (Å²) in [5.41, 5.74) is 2.49. The third-order valence-corrected chi connectivity index (χ3v) is 3.51. The number of aryl methyl sites for hydroxylation is 1. The van der Waals surface area contributed by atoms with Gasteiger partial charge in [-0.1, -0.05) is 6.07 Å². The highest BCUT2D eigenvalue weighted by Gasteiger charge is 2.21. The molecule has 1 aromatic carbocycles. The van der Waals surface area contributed by atoms with Crippen LogP contribution in [0.15, 0.2) is 34.9 Å². The Bertz CT molecular complexity index is 635. The van der Waals surface area contributed by atoms with Crippen LogP contribution in [0.1, 0.15) is 22.3 Å². The molecule has 4 nitrogen and oxygen atoms in total. The van der Waals surface area contributed by atoms with Gasteiger partial charge in [-0.3, -0.25) is 4.79 Å². The zero-order valence-corrected chi connectivity index (χ0v) is 11.0. The molecule has 1 unspecified atom stereocenters. The second kappa shape index (κ2) is 4.63. The lowest BCUT2D eigenvalue weighted by atomic mass is 10.1. The summed E-state index contributed by atoms with van der Waals surface area (Å²) < 4.78 is 10.7. The average molecular weight is 278 g/mol. The molecule has 1 N–H and O–H groups in total. The van der Waals surface area contributed by atoms with E-state index in [1.807, 2.05) is 25.1 Å². The molecular formula is C14H12ClNO3. The number of anilines is 1. The Hall–Kier alpha value is -1.94. The Labute approximate surface area is 115 Å². The van der Waals surface area contributed by atoms with Gasteiger partial charge in [-0.15, -0.1) is 11.6 Å². The highest BCUT2D eigenvalue weighted by Crippen LogP contribution is 2.36. The molecular weight excluding hydrogens is 266 g/mol. The number of ether oxygens (including phenoxy) is 1. The van der Waals surface area contributed by atoms with Crippen LogP contribution >= 0.6 is 11.6 Å². The minimum Gasteiger partial charge on any atom is -0.482 e.